The zero-order chi connectivity index (χ0) is 45.0. The number of carbonyl (C=O) groups is 4. The molecule has 16 nitrogen and oxygen atoms in total. The fraction of sp³-hybridized carbons (Fsp3) is 0.651. The van der Waals surface area contributed by atoms with Crippen LogP contribution in [0.3, 0.4) is 0 Å². The third-order valence-corrected chi connectivity index (χ3v) is 15.2. The highest BCUT2D eigenvalue weighted by Crippen LogP contribution is 2.48. The average molecular weight is 890 g/mol. The summed E-state index contributed by atoms with van der Waals surface area (Å²) in [7, 11) is -2.53. The first kappa shape index (κ1) is 45.3. The number of hydrogen-bond acceptors (Lipinski definition) is 12. The van der Waals surface area contributed by atoms with Crippen LogP contribution in [0.2, 0.25) is 0 Å². The number of rotatable bonds is 10. The van der Waals surface area contributed by atoms with Gasteiger partial charge in [-0.25, -0.2) is 22.0 Å². The Morgan fingerprint density at radius 3 is 2.56 bits per heavy atom. The number of allylic oxidation sites excluding steroid dienone is 1. The second-order valence-corrected chi connectivity index (χ2v) is 20.2. The molecule has 3 N–H and O–H groups in total. The monoisotopic (exact) mass is 889 g/mol. The summed E-state index contributed by atoms with van der Waals surface area (Å²) in [6.07, 6.45) is 3.22. The van der Waals surface area contributed by atoms with Crippen LogP contribution in [-0.4, -0.2) is 115 Å². The zero-order valence-corrected chi connectivity index (χ0v) is 37.0. The molecule has 4 heterocycles. The first-order valence-electron chi connectivity index (χ1n) is 21.3. The summed E-state index contributed by atoms with van der Waals surface area (Å²) in [5.74, 6) is -5.32. The fourth-order valence-corrected chi connectivity index (χ4v) is 9.54. The minimum atomic E-state index is -4.09. The summed E-state index contributed by atoms with van der Waals surface area (Å²) in [5.41, 5.74) is -3.04. The van der Waals surface area contributed by atoms with E-state index < -0.39 is 92.0 Å². The van der Waals surface area contributed by atoms with Gasteiger partial charge >= 0.3 is 6.09 Å². The lowest BCUT2D eigenvalue weighted by molar-refractivity contribution is -0.153. The van der Waals surface area contributed by atoms with Crippen molar-refractivity contribution in [2.45, 2.75) is 152 Å². The van der Waals surface area contributed by atoms with E-state index in [1.807, 2.05) is 12.1 Å². The molecule has 5 aliphatic rings. The lowest BCUT2D eigenvalue weighted by Gasteiger charge is -2.35. The molecule has 7 atom stereocenters. The Morgan fingerprint density at radius 2 is 1.89 bits per heavy atom. The Morgan fingerprint density at radius 1 is 1.15 bits per heavy atom. The van der Waals surface area contributed by atoms with Crippen LogP contribution >= 0.6 is 0 Å². The molecule has 7 rings (SSSR count). The number of pyridine rings is 1. The molecule has 2 aliphatic carbocycles. The Bertz CT molecular complexity index is 2250. The number of alkyl halides is 2. The minimum absolute atomic E-state index is 0.0975. The van der Waals surface area contributed by atoms with Crippen molar-refractivity contribution in [3.63, 3.8) is 0 Å². The maximum Gasteiger partial charge on any atom is 0.408 e. The highest BCUT2D eigenvalue weighted by molar-refractivity contribution is 7.91. The van der Waals surface area contributed by atoms with Crippen LogP contribution in [0.5, 0.6) is 17.5 Å². The van der Waals surface area contributed by atoms with Crippen molar-refractivity contribution in [2.75, 3.05) is 20.3 Å². The number of nitrogens with one attached hydrogen (secondary N) is 3. The van der Waals surface area contributed by atoms with Gasteiger partial charge in [0.2, 0.25) is 33.6 Å². The number of amides is 4. The number of methoxy groups -OCH3 is 1. The van der Waals surface area contributed by atoms with Gasteiger partial charge in [-0.2, -0.15) is 4.98 Å². The number of alkyl carbamates (subject to hydrolysis) is 1. The van der Waals surface area contributed by atoms with Crippen LogP contribution in [0.15, 0.2) is 30.4 Å². The number of nitrogens with zero attached hydrogens (tertiary/aromatic N) is 2. The first-order valence-corrected chi connectivity index (χ1v) is 22.8. The second-order valence-electron chi connectivity index (χ2n) is 18.0. The van der Waals surface area contributed by atoms with E-state index in [0.717, 1.165) is 31.2 Å². The molecule has 62 heavy (non-hydrogen) atoms. The molecular formula is C43H57F2N5O11S. The van der Waals surface area contributed by atoms with Crippen molar-refractivity contribution >= 4 is 44.6 Å². The smallest absolute Gasteiger partial charge is 0.408 e. The molecule has 0 spiro atoms. The molecule has 2 aromatic rings. The Labute approximate surface area is 360 Å². The van der Waals surface area contributed by atoms with E-state index in [0.29, 0.717) is 62.7 Å². The molecule has 0 unspecified atom stereocenters. The Hall–Kier alpha value is -4.78. The van der Waals surface area contributed by atoms with E-state index in [1.165, 1.54) is 4.90 Å². The van der Waals surface area contributed by atoms with Gasteiger partial charge in [0.1, 0.15) is 29.5 Å². The predicted molar refractivity (Wildman–Crippen MR) is 221 cm³/mol. The summed E-state index contributed by atoms with van der Waals surface area (Å²) in [4.78, 5) is 63.2. The van der Waals surface area contributed by atoms with E-state index >= 15 is 4.79 Å². The third kappa shape index (κ3) is 8.88. The number of sulfonamides is 1. The fourth-order valence-electron chi connectivity index (χ4n) is 8.23. The van der Waals surface area contributed by atoms with Crippen molar-refractivity contribution in [3.8, 4) is 17.5 Å². The number of hydrogen-bond donors (Lipinski definition) is 3. The molecule has 1 aromatic carbocycles. The zero-order valence-electron chi connectivity index (χ0n) is 36.2. The van der Waals surface area contributed by atoms with Gasteiger partial charge in [-0.05, 0) is 103 Å². The molecule has 3 aliphatic heterocycles. The maximum atomic E-state index is 15.0. The van der Waals surface area contributed by atoms with E-state index in [4.69, 9.17) is 28.7 Å². The lowest BCUT2D eigenvalue weighted by Crippen LogP contribution is -2.61. The summed E-state index contributed by atoms with van der Waals surface area (Å²) >= 11 is 0. The average Bonchev–Trinajstić information content (AvgIpc) is 4.09. The predicted octanol–water partition coefficient (Wildman–Crippen LogP) is 4.85. The number of aromatic nitrogens is 1. The van der Waals surface area contributed by atoms with Gasteiger partial charge in [-0.3, -0.25) is 19.1 Å². The lowest BCUT2D eigenvalue weighted by atomic mass is 10.0. The van der Waals surface area contributed by atoms with Crippen LogP contribution in [0.4, 0.5) is 13.6 Å². The van der Waals surface area contributed by atoms with Gasteiger partial charge in [-0.1, -0.05) is 19.1 Å². The van der Waals surface area contributed by atoms with Crippen molar-refractivity contribution in [3.05, 3.63) is 35.9 Å². The molecule has 1 aromatic heterocycles. The van der Waals surface area contributed by atoms with Gasteiger partial charge in [0.25, 0.3) is 11.8 Å². The number of halogens is 2. The first-order chi connectivity index (χ1) is 29.1. The molecule has 2 saturated carbocycles. The maximum absolute atomic E-state index is 15.0. The topological polar surface area (TPSA) is 201 Å². The van der Waals surface area contributed by atoms with Crippen molar-refractivity contribution < 1.29 is 60.1 Å². The minimum Gasteiger partial charge on any atom is -0.497 e. The standard InChI is InChI=1S/C43H57F2N5O11S/c1-8-32-33(46-39(54)61-40(3,4)42(6,44)45)37(52)50-23-27(60-36-29-16-15-26(57-7)20-30(29)28-14-11-19-58-35(28)47-36)21-31(50)34(51)48-43(22-25(43)13-10-9-12-24(2)59-32)38(53)49-62(55,56)41(5)17-18-41/h10,13,15-16,20,24-25,27,31-33H,8-9,11-12,14,17-19,21-23H2,1-7H3,(H,46,54)(H,48,51)(H,49,53)/b13-10-/t24-,25-,27-,31+,32+,33+,43-/m1/s1. The number of ether oxygens (including phenoxy) is 5. The Balaban J connectivity index is 1.26. The van der Waals surface area contributed by atoms with Gasteiger partial charge in [0.15, 0.2) is 5.60 Å². The highest BCUT2D eigenvalue weighted by atomic mass is 32.2. The van der Waals surface area contributed by atoms with E-state index in [9.17, 15) is 31.6 Å². The number of fused-ring (bicyclic) bond motifs is 5. The molecule has 1 saturated heterocycles. The quantitative estimate of drug-likeness (QED) is 0.275. The summed E-state index contributed by atoms with van der Waals surface area (Å²) < 4.78 is 86.3. The third-order valence-electron chi connectivity index (χ3n) is 13.0. The Kier molecular flexibility index (Phi) is 12.2. The van der Waals surface area contributed by atoms with Crippen molar-refractivity contribution in [2.24, 2.45) is 5.92 Å². The van der Waals surface area contributed by atoms with Gasteiger partial charge < -0.3 is 39.2 Å². The largest absolute Gasteiger partial charge is 0.497 e. The van der Waals surface area contributed by atoms with Gasteiger partial charge in [0.05, 0.1) is 37.2 Å². The van der Waals surface area contributed by atoms with Gasteiger partial charge in [0, 0.05) is 30.2 Å². The van der Waals surface area contributed by atoms with Gasteiger partial charge in [-0.15, -0.1) is 0 Å². The molecule has 3 fully saturated rings. The van der Waals surface area contributed by atoms with E-state index in [2.05, 4.69) is 15.4 Å². The molecule has 0 bridgehead atoms. The summed E-state index contributed by atoms with van der Waals surface area (Å²) in [6.45, 7) is 7.99. The van der Waals surface area contributed by atoms with Crippen LogP contribution in [0, 0.1) is 5.92 Å². The second kappa shape index (κ2) is 16.7. The van der Waals surface area contributed by atoms with E-state index in [-0.39, 0.29) is 31.7 Å². The normalized spacial score (nSPS) is 29.3. The SMILES string of the molecule is CC[C@@H]1O[C@H](C)CC/C=C\[C@@H]2C[C@@]2(C(=O)NS(=O)(=O)C2(C)CC2)NC(=O)[C@@H]2C[C@@H](Oc3nc4c(c5cc(OC)ccc35)CCCO4)CN2C(=O)[C@H]1NC(=O)OC(C)(C)C(C)(F)F. The van der Waals surface area contributed by atoms with Crippen LogP contribution < -0.4 is 29.6 Å². The van der Waals surface area contributed by atoms with Crippen LogP contribution in [0.25, 0.3) is 10.8 Å². The highest BCUT2D eigenvalue weighted by Gasteiger charge is 2.63. The molecule has 340 valence electrons. The molecule has 4 amide bonds. The van der Waals surface area contributed by atoms with Crippen molar-refractivity contribution in [1.82, 2.24) is 25.2 Å². The molecule has 19 heteroatoms. The van der Waals surface area contributed by atoms with E-state index in [1.54, 1.807) is 46.1 Å². The molecule has 0 radical (unpaired) electrons. The van der Waals surface area contributed by atoms with Crippen molar-refractivity contribution in [1.29, 1.82) is 0 Å². The molecular weight excluding hydrogens is 833 g/mol. The number of aryl methyl sites for hydroxylation is 1. The van der Waals surface area contributed by atoms with Crippen LogP contribution in [0.1, 0.15) is 98.5 Å². The summed E-state index contributed by atoms with van der Waals surface area (Å²) in [5, 5.41) is 6.76. The number of benzene rings is 1. The summed E-state index contributed by atoms with van der Waals surface area (Å²) in [6, 6.07) is 2.54. The number of carbonyl (C=O) groups excluding carboxylic acids is 4. The van der Waals surface area contributed by atoms with Crippen LogP contribution in [-0.2, 0) is 40.3 Å².